The number of amides is 1. The van der Waals surface area contributed by atoms with Gasteiger partial charge in [0.25, 0.3) is 5.91 Å². The van der Waals surface area contributed by atoms with Crippen molar-refractivity contribution in [2.75, 3.05) is 32.1 Å². The maximum atomic E-state index is 13.1. The van der Waals surface area contributed by atoms with Gasteiger partial charge >= 0.3 is 0 Å². The number of likely N-dealkylation sites (tertiary alicyclic amines) is 1. The number of rotatable bonds is 3. The summed E-state index contributed by atoms with van der Waals surface area (Å²) in [4.78, 5) is 17.4. The van der Waals surface area contributed by atoms with Crippen LogP contribution >= 0.6 is 0 Å². The molecule has 1 fully saturated rings. The molecule has 1 amide bonds. The summed E-state index contributed by atoms with van der Waals surface area (Å²) >= 11 is 0. The zero-order valence-electron chi connectivity index (χ0n) is 14.9. The van der Waals surface area contributed by atoms with Gasteiger partial charge in [-0.05, 0) is 54.7 Å². The molecule has 2 aliphatic rings. The molecule has 1 saturated heterocycles. The van der Waals surface area contributed by atoms with Crippen LogP contribution in [0.4, 0.5) is 5.69 Å². The number of anilines is 1. The van der Waals surface area contributed by atoms with E-state index in [1.165, 1.54) is 16.8 Å². The minimum absolute atomic E-state index is 0.140. The molecule has 4 nitrogen and oxygen atoms in total. The van der Waals surface area contributed by atoms with Crippen LogP contribution < -0.4 is 9.64 Å². The first-order chi connectivity index (χ1) is 12.2. The molecule has 130 valence electrons. The average molecular weight is 336 g/mol. The smallest absolute Gasteiger partial charge is 0.254 e. The Balaban J connectivity index is 1.59. The van der Waals surface area contributed by atoms with Crippen LogP contribution in [0.3, 0.4) is 0 Å². The largest absolute Gasteiger partial charge is 0.497 e. The van der Waals surface area contributed by atoms with Gasteiger partial charge < -0.3 is 14.5 Å². The predicted molar refractivity (Wildman–Crippen MR) is 99.4 cm³/mol. The Morgan fingerprint density at radius 2 is 1.92 bits per heavy atom. The van der Waals surface area contributed by atoms with Crippen molar-refractivity contribution in [2.45, 2.75) is 25.3 Å². The van der Waals surface area contributed by atoms with Crippen molar-refractivity contribution in [3.63, 3.8) is 0 Å². The van der Waals surface area contributed by atoms with E-state index in [4.69, 9.17) is 4.74 Å². The molecule has 2 aliphatic heterocycles. The average Bonchev–Trinajstić information content (AvgIpc) is 3.28. The summed E-state index contributed by atoms with van der Waals surface area (Å²) in [5.41, 5.74) is 4.52. The minimum atomic E-state index is 0.140. The standard InChI is InChI=1S/C21H24N2O2/c1-22-13-11-16-5-6-17(14-20(16)22)21(24)23-12-3-4-19(23)15-7-9-18(25-2)10-8-15/h5-10,14,19H,3-4,11-13H2,1-2H3. The molecule has 2 heterocycles. The van der Waals surface area contributed by atoms with Gasteiger partial charge in [-0.3, -0.25) is 4.79 Å². The lowest BCUT2D eigenvalue weighted by Gasteiger charge is -2.26. The zero-order valence-corrected chi connectivity index (χ0v) is 14.9. The van der Waals surface area contributed by atoms with Crippen molar-refractivity contribution in [1.82, 2.24) is 4.90 Å². The first-order valence-corrected chi connectivity index (χ1v) is 8.96. The van der Waals surface area contributed by atoms with Crippen LogP contribution in [0.1, 0.15) is 40.4 Å². The van der Waals surface area contributed by atoms with Gasteiger partial charge in [0.2, 0.25) is 0 Å². The molecular weight excluding hydrogens is 312 g/mol. The van der Waals surface area contributed by atoms with Gasteiger partial charge in [-0.25, -0.2) is 0 Å². The van der Waals surface area contributed by atoms with E-state index in [1.54, 1.807) is 7.11 Å². The fourth-order valence-corrected chi connectivity index (χ4v) is 4.02. The number of ether oxygens (including phenoxy) is 1. The molecule has 2 aromatic rings. The number of fused-ring (bicyclic) bond motifs is 1. The quantitative estimate of drug-likeness (QED) is 0.857. The predicted octanol–water partition coefficient (Wildman–Crippen LogP) is 3.66. The maximum absolute atomic E-state index is 13.1. The van der Waals surface area contributed by atoms with Crippen LogP contribution in [0, 0.1) is 0 Å². The molecule has 0 saturated carbocycles. The normalized spacial score (nSPS) is 19.2. The second kappa shape index (κ2) is 6.43. The molecule has 0 aliphatic carbocycles. The number of hydrogen-bond acceptors (Lipinski definition) is 3. The van der Waals surface area contributed by atoms with Crippen molar-refractivity contribution in [3.8, 4) is 5.75 Å². The van der Waals surface area contributed by atoms with Gasteiger partial charge in [-0.1, -0.05) is 18.2 Å². The molecular formula is C21H24N2O2. The van der Waals surface area contributed by atoms with E-state index in [9.17, 15) is 4.79 Å². The lowest BCUT2D eigenvalue weighted by Crippen LogP contribution is -2.30. The van der Waals surface area contributed by atoms with E-state index < -0.39 is 0 Å². The monoisotopic (exact) mass is 336 g/mol. The van der Waals surface area contributed by atoms with Crippen molar-refractivity contribution in [1.29, 1.82) is 0 Å². The summed E-state index contributed by atoms with van der Waals surface area (Å²) in [6.07, 6.45) is 3.13. The van der Waals surface area contributed by atoms with Crippen molar-refractivity contribution in [2.24, 2.45) is 0 Å². The number of carbonyl (C=O) groups excluding carboxylic acids is 1. The van der Waals surface area contributed by atoms with Crippen LogP contribution in [0.15, 0.2) is 42.5 Å². The van der Waals surface area contributed by atoms with E-state index >= 15 is 0 Å². The third-order valence-electron chi connectivity index (χ3n) is 5.47. The van der Waals surface area contributed by atoms with Gasteiger partial charge in [0, 0.05) is 31.4 Å². The number of benzene rings is 2. The topological polar surface area (TPSA) is 32.8 Å². The number of nitrogens with zero attached hydrogens (tertiary/aromatic N) is 2. The Hall–Kier alpha value is -2.49. The highest BCUT2D eigenvalue weighted by Gasteiger charge is 2.31. The molecule has 25 heavy (non-hydrogen) atoms. The van der Waals surface area contributed by atoms with Crippen LogP contribution in [0.2, 0.25) is 0 Å². The SMILES string of the molecule is COc1ccc(C2CCCN2C(=O)c2ccc3c(c2)N(C)CC3)cc1. The van der Waals surface area contributed by atoms with Crippen LogP contribution in [0.5, 0.6) is 5.75 Å². The molecule has 1 unspecified atom stereocenters. The number of likely N-dealkylation sites (N-methyl/N-ethyl adjacent to an activating group) is 1. The summed E-state index contributed by atoms with van der Waals surface area (Å²) in [5, 5.41) is 0. The highest BCUT2D eigenvalue weighted by Crippen LogP contribution is 2.35. The van der Waals surface area contributed by atoms with Gasteiger partial charge in [0.15, 0.2) is 0 Å². The summed E-state index contributed by atoms with van der Waals surface area (Å²) in [6, 6.07) is 14.4. The second-order valence-corrected chi connectivity index (χ2v) is 6.94. The number of carbonyl (C=O) groups is 1. The molecule has 2 aromatic carbocycles. The molecule has 0 radical (unpaired) electrons. The Bertz CT molecular complexity index is 785. The molecule has 0 N–H and O–H groups in total. The Morgan fingerprint density at radius 3 is 2.68 bits per heavy atom. The lowest BCUT2D eigenvalue weighted by molar-refractivity contribution is 0.0735. The van der Waals surface area contributed by atoms with E-state index in [1.807, 2.05) is 23.1 Å². The summed E-state index contributed by atoms with van der Waals surface area (Å²) < 4.78 is 5.24. The third kappa shape index (κ3) is 2.86. The van der Waals surface area contributed by atoms with Gasteiger partial charge in [-0.2, -0.15) is 0 Å². The number of methoxy groups -OCH3 is 1. The van der Waals surface area contributed by atoms with Gasteiger partial charge in [0.1, 0.15) is 5.75 Å². The number of hydrogen-bond donors (Lipinski definition) is 0. The summed E-state index contributed by atoms with van der Waals surface area (Å²) in [7, 11) is 3.77. The molecule has 4 heteroatoms. The molecule has 4 rings (SSSR count). The Kier molecular flexibility index (Phi) is 4.12. The van der Waals surface area contributed by atoms with Gasteiger partial charge in [-0.15, -0.1) is 0 Å². The van der Waals surface area contributed by atoms with Gasteiger partial charge in [0.05, 0.1) is 13.2 Å². The highest BCUT2D eigenvalue weighted by atomic mass is 16.5. The minimum Gasteiger partial charge on any atom is -0.497 e. The summed E-state index contributed by atoms with van der Waals surface area (Å²) in [5.74, 6) is 0.989. The highest BCUT2D eigenvalue weighted by molar-refractivity contribution is 5.96. The second-order valence-electron chi connectivity index (χ2n) is 6.94. The Morgan fingerprint density at radius 1 is 1.12 bits per heavy atom. The van der Waals surface area contributed by atoms with Crippen molar-refractivity contribution < 1.29 is 9.53 Å². The van der Waals surface area contributed by atoms with E-state index in [0.29, 0.717) is 0 Å². The van der Waals surface area contributed by atoms with Crippen molar-refractivity contribution in [3.05, 3.63) is 59.2 Å². The van der Waals surface area contributed by atoms with E-state index in [0.717, 1.165) is 43.7 Å². The fourth-order valence-electron chi connectivity index (χ4n) is 4.02. The first-order valence-electron chi connectivity index (χ1n) is 8.96. The molecule has 1 atom stereocenters. The Labute approximate surface area is 149 Å². The van der Waals surface area contributed by atoms with E-state index in [-0.39, 0.29) is 11.9 Å². The maximum Gasteiger partial charge on any atom is 0.254 e. The third-order valence-corrected chi connectivity index (χ3v) is 5.47. The fraction of sp³-hybridized carbons (Fsp3) is 0.381. The molecule has 0 bridgehead atoms. The first kappa shape index (κ1) is 16.0. The van der Waals surface area contributed by atoms with Crippen molar-refractivity contribution >= 4 is 11.6 Å². The van der Waals surface area contributed by atoms with Crippen LogP contribution in [-0.4, -0.2) is 38.1 Å². The van der Waals surface area contributed by atoms with E-state index in [2.05, 4.69) is 36.2 Å². The van der Waals surface area contributed by atoms with Crippen LogP contribution in [0.25, 0.3) is 0 Å². The molecule has 0 aromatic heterocycles. The molecule has 0 spiro atoms. The van der Waals surface area contributed by atoms with Crippen LogP contribution in [-0.2, 0) is 6.42 Å². The summed E-state index contributed by atoms with van der Waals surface area (Å²) in [6.45, 7) is 1.85. The lowest BCUT2D eigenvalue weighted by atomic mass is 10.0. The zero-order chi connectivity index (χ0) is 17.4.